The molecule has 2 aromatic rings. The monoisotopic (exact) mass is 359 g/mol. The first-order valence-corrected chi connectivity index (χ1v) is 8.98. The summed E-state index contributed by atoms with van der Waals surface area (Å²) in [5.74, 6) is 1.83. The van der Waals surface area contributed by atoms with Crippen LogP contribution in [0.4, 0.5) is 0 Å². The first-order chi connectivity index (χ1) is 12.5. The minimum Gasteiger partial charge on any atom is -0.381 e. The number of hydrogen-bond acceptors (Lipinski definition) is 7. The highest BCUT2D eigenvalue weighted by atomic mass is 16.5. The molecule has 0 aromatic carbocycles. The highest BCUT2D eigenvalue weighted by Gasteiger charge is 2.32. The van der Waals surface area contributed by atoms with Crippen LogP contribution in [0.15, 0.2) is 10.7 Å². The molecule has 2 aromatic heterocycles. The third-order valence-corrected chi connectivity index (χ3v) is 4.61. The van der Waals surface area contributed by atoms with Crippen LogP contribution in [-0.4, -0.2) is 39.2 Å². The summed E-state index contributed by atoms with van der Waals surface area (Å²) in [5.41, 5.74) is 1.10. The van der Waals surface area contributed by atoms with Crippen molar-refractivity contribution >= 4 is 5.91 Å². The normalized spacial score (nSPS) is 16.7. The highest BCUT2D eigenvalue weighted by molar-refractivity contribution is 5.95. The second-order valence-corrected chi connectivity index (χ2v) is 6.96. The maximum atomic E-state index is 12.8. The van der Waals surface area contributed by atoms with Crippen LogP contribution >= 0.6 is 0 Å². The van der Waals surface area contributed by atoms with Gasteiger partial charge in [0.05, 0.1) is 11.3 Å². The van der Waals surface area contributed by atoms with Crippen molar-refractivity contribution in [3.8, 4) is 0 Å². The van der Waals surface area contributed by atoms with Crippen LogP contribution in [0.2, 0.25) is 0 Å². The van der Waals surface area contributed by atoms with Crippen LogP contribution < -0.4 is 5.32 Å². The molecule has 0 radical (unpaired) electrons. The predicted molar refractivity (Wildman–Crippen MR) is 93.6 cm³/mol. The lowest BCUT2D eigenvalue weighted by Gasteiger charge is -2.28. The first kappa shape index (κ1) is 18.4. The number of rotatable bonds is 5. The number of hydrogen-bond donors (Lipinski definition) is 1. The zero-order valence-corrected chi connectivity index (χ0v) is 15.7. The Morgan fingerprint density at radius 2 is 1.96 bits per heavy atom. The fourth-order valence-corrected chi connectivity index (χ4v) is 3.06. The van der Waals surface area contributed by atoms with Gasteiger partial charge in [-0.25, -0.2) is 9.97 Å². The van der Waals surface area contributed by atoms with E-state index in [1.54, 1.807) is 20.0 Å². The largest absolute Gasteiger partial charge is 0.381 e. The Labute approximate surface area is 152 Å². The van der Waals surface area contributed by atoms with Gasteiger partial charge in [-0.05, 0) is 32.6 Å². The standard InChI is InChI=1S/C18H25N5O3/c1-10(2)16-22-18(26-23-16)15(13-5-7-25-8-6-13)21-17(24)14-9-19-12(4)20-11(14)3/h9-10,13,15H,5-8H2,1-4H3,(H,21,24)/t15-/m0/s1. The topological polar surface area (TPSA) is 103 Å². The smallest absolute Gasteiger partial charge is 0.255 e. The Bertz CT molecular complexity index is 768. The third kappa shape index (κ3) is 4.07. The molecule has 1 saturated heterocycles. The number of aryl methyl sites for hydroxylation is 2. The van der Waals surface area contributed by atoms with E-state index in [-0.39, 0.29) is 23.8 Å². The zero-order valence-electron chi connectivity index (χ0n) is 15.7. The number of aromatic nitrogens is 4. The summed E-state index contributed by atoms with van der Waals surface area (Å²) in [4.78, 5) is 25.7. The molecule has 1 aliphatic heterocycles. The van der Waals surface area contributed by atoms with Crippen molar-refractivity contribution in [3.05, 3.63) is 35.0 Å². The maximum Gasteiger partial charge on any atom is 0.255 e. The second-order valence-electron chi connectivity index (χ2n) is 6.96. The summed E-state index contributed by atoms with van der Waals surface area (Å²) in [6.45, 7) is 8.93. The molecule has 0 aliphatic carbocycles. The van der Waals surface area contributed by atoms with Crippen molar-refractivity contribution in [1.82, 2.24) is 25.4 Å². The molecule has 8 heteroatoms. The SMILES string of the molecule is Cc1ncc(C(=O)N[C@H](c2nc(C(C)C)no2)C2CCOCC2)c(C)n1. The number of nitrogens with one attached hydrogen (secondary N) is 1. The number of carbonyl (C=O) groups is 1. The highest BCUT2D eigenvalue weighted by Crippen LogP contribution is 2.30. The molecule has 0 bridgehead atoms. The average molecular weight is 359 g/mol. The molecule has 0 unspecified atom stereocenters. The van der Waals surface area contributed by atoms with Crippen LogP contribution in [0.5, 0.6) is 0 Å². The number of carbonyl (C=O) groups excluding carboxylic acids is 1. The average Bonchev–Trinajstić information content (AvgIpc) is 3.10. The van der Waals surface area contributed by atoms with Crippen LogP contribution in [-0.2, 0) is 4.74 Å². The molecule has 26 heavy (non-hydrogen) atoms. The van der Waals surface area contributed by atoms with E-state index in [0.717, 1.165) is 12.8 Å². The van der Waals surface area contributed by atoms with E-state index in [0.29, 0.717) is 42.0 Å². The van der Waals surface area contributed by atoms with Crippen LogP contribution in [0.1, 0.15) is 72.2 Å². The van der Waals surface area contributed by atoms with Gasteiger partial charge in [0.1, 0.15) is 11.9 Å². The minimum atomic E-state index is -0.355. The van der Waals surface area contributed by atoms with E-state index in [1.165, 1.54) is 0 Å². The summed E-state index contributed by atoms with van der Waals surface area (Å²) in [5, 5.41) is 7.11. The second kappa shape index (κ2) is 7.90. The molecule has 0 saturated carbocycles. The van der Waals surface area contributed by atoms with Crippen molar-refractivity contribution in [2.45, 2.75) is 52.5 Å². The number of nitrogens with zero attached hydrogens (tertiary/aromatic N) is 4. The molecule has 8 nitrogen and oxygen atoms in total. The molecule has 0 spiro atoms. The van der Waals surface area contributed by atoms with Crippen molar-refractivity contribution in [1.29, 1.82) is 0 Å². The molecule has 1 fully saturated rings. The van der Waals surface area contributed by atoms with Gasteiger partial charge in [0.25, 0.3) is 5.91 Å². The van der Waals surface area contributed by atoms with Crippen LogP contribution in [0.25, 0.3) is 0 Å². The molecular weight excluding hydrogens is 334 g/mol. The Morgan fingerprint density at radius 3 is 2.58 bits per heavy atom. The van der Waals surface area contributed by atoms with Crippen molar-refractivity contribution < 1.29 is 14.1 Å². The molecule has 1 aliphatic rings. The maximum absolute atomic E-state index is 12.8. The van der Waals surface area contributed by atoms with Gasteiger partial charge in [-0.2, -0.15) is 4.98 Å². The first-order valence-electron chi connectivity index (χ1n) is 8.98. The lowest BCUT2D eigenvalue weighted by Crippen LogP contribution is -2.36. The summed E-state index contributed by atoms with van der Waals surface area (Å²) < 4.78 is 10.9. The fraction of sp³-hybridized carbons (Fsp3) is 0.611. The van der Waals surface area contributed by atoms with E-state index >= 15 is 0 Å². The Balaban J connectivity index is 1.85. The molecule has 3 heterocycles. The minimum absolute atomic E-state index is 0.159. The Hall–Kier alpha value is -2.35. The molecule has 1 N–H and O–H groups in total. The lowest BCUT2D eigenvalue weighted by molar-refractivity contribution is 0.0467. The number of amides is 1. The van der Waals surface area contributed by atoms with E-state index in [1.807, 2.05) is 13.8 Å². The van der Waals surface area contributed by atoms with E-state index in [9.17, 15) is 4.79 Å². The van der Waals surface area contributed by atoms with Gasteiger partial charge in [-0.3, -0.25) is 4.79 Å². The summed E-state index contributed by atoms with van der Waals surface area (Å²) in [6.07, 6.45) is 3.21. The molecular formula is C18H25N5O3. The molecule has 1 amide bonds. The van der Waals surface area contributed by atoms with Gasteiger partial charge < -0.3 is 14.6 Å². The lowest BCUT2D eigenvalue weighted by atomic mass is 9.91. The molecule has 140 valence electrons. The van der Waals surface area contributed by atoms with Gasteiger partial charge in [0, 0.05) is 25.3 Å². The van der Waals surface area contributed by atoms with Gasteiger partial charge in [-0.1, -0.05) is 19.0 Å². The van der Waals surface area contributed by atoms with Gasteiger partial charge in [-0.15, -0.1) is 0 Å². The van der Waals surface area contributed by atoms with Gasteiger partial charge in [0.2, 0.25) is 5.89 Å². The van der Waals surface area contributed by atoms with Crippen molar-refractivity contribution in [3.63, 3.8) is 0 Å². The van der Waals surface area contributed by atoms with E-state index < -0.39 is 0 Å². The quantitative estimate of drug-likeness (QED) is 0.875. The van der Waals surface area contributed by atoms with Gasteiger partial charge >= 0.3 is 0 Å². The fourth-order valence-electron chi connectivity index (χ4n) is 3.06. The predicted octanol–water partition coefficient (Wildman–Crippen LogP) is 2.50. The Morgan fingerprint density at radius 1 is 1.23 bits per heavy atom. The van der Waals surface area contributed by atoms with E-state index in [2.05, 4.69) is 25.4 Å². The Kier molecular flexibility index (Phi) is 5.61. The summed E-state index contributed by atoms with van der Waals surface area (Å²) in [7, 11) is 0. The number of ether oxygens (including phenoxy) is 1. The van der Waals surface area contributed by atoms with E-state index in [4.69, 9.17) is 9.26 Å². The summed E-state index contributed by atoms with van der Waals surface area (Å²) >= 11 is 0. The van der Waals surface area contributed by atoms with Crippen molar-refractivity contribution in [2.75, 3.05) is 13.2 Å². The van der Waals surface area contributed by atoms with Gasteiger partial charge in [0.15, 0.2) is 5.82 Å². The van der Waals surface area contributed by atoms with Crippen LogP contribution in [0, 0.1) is 19.8 Å². The molecule has 1 atom stereocenters. The zero-order chi connectivity index (χ0) is 18.7. The van der Waals surface area contributed by atoms with Crippen molar-refractivity contribution in [2.24, 2.45) is 5.92 Å². The molecule has 3 rings (SSSR count). The third-order valence-electron chi connectivity index (χ3n) is 4.61. The van der Waals surface area contributed by atoms with Crippen LogP contribution in [0.3, 0.4) is 0 Å². The summed E-state index contributed by atoms with van der Waals surface area (Å²) in [6, 6.07) is -0.355.